The van der Waals surface area contributed by atoms with E-state index in [1.807, 2.05) is 48.5 Å². The molecule has 28 heavy (non-hydrogen) atoms. The molecule has 0 saturated carbocycles. The van der Waals surface area contributed by atoms with Gasteiger partial charge >= 0.3 is 0 Å². The van der Waals surface area contributed by atoms with E-state index in [0.29, 0.717) is 17.7 Å². The van der Waals surface area contributed by atoms with Crippen molar-refractivity contribution >= 4 is 35.0 Å². The maximum Gasteiger partial charge on any atom is 0.255 e. The second kappa shape index (κ2) is 8.31. The van der Waals surface area contributed by atoms with Gasteiger partial charge in [0.15, 0.2) is 0 Å². The predicted molar refractivity (Wildman–Crippen MR) is 114 cm³/mol. The maximum absolute atomic E-state index is 12.8. The SMILES string of the molecule is O=C1CCSc2ccc(C(=O)Nc3ccccc3Cc3ccccc3)cc2N1. The second-order valence-electron chi connectivity index (χ2n) is 6.63. The van der Waals surface area contributed by atoms with Gasteiger partial charge < -0.3 is 10.6 Å². The lowest BCUT2D eigenvalue weighted by Crippen LogP contribution is -2.15. The first-order chi connectivity index (χ1) is 13.7. The van der Waals surface area contributed by atoms with Gasteiger partial charge in [0, 0.05) is 28.3 Å². The van der Waals surface area contributed by atoms with Gasteiger partial charge in [0.05, 0.1) is 5.69 Å². The van der Waals surface area contributed by atoms with Crippen LogP contribution >= 0.6 is 11.8 Å². The highest BCUT2D eigenvalue weighted by atomic mass is 32.2. The van der Waals surface area contributed by atoms with E-state index < -0.39 is 0 Å². The summed E-state index contributed by atoms with van der Waals surface area (Å²) in [5.74, 6) is 0.542. The van der Waals surface area contributed by atoms with Crippen LogP contribution in [0.25, 0.3) is 0 Å². The molecule has 3 aromatic rings. The number of hydrogen-bond acceptors (Lipinski definition) is 3. The highest BCUT2D eigenvalue weighted by molar-refractivity contribution is 7.99. The normalized spacial score (nSPS) is 13.2. The third-order valence-electron chi connectivity index (χ3n) is 4.61. The van der Waals surface area contributed by atoms with E-state index in [0.717, 1.165) is 28.3 Å². The largest absolute Gasteiger partial charge is 0.325 e. The van der Waals surface area contributed by atoms with Crippen LogP contribution < -0.4 is 10.6 Å². The molecule has 0 saturated heterocycles. The fraction of sp³-hybridized carbons (Fsp3) is 0.130. The van der Waals surface area contributed by atoms with Gasteiger partial charge in [-0.25, -0.2) is 0 Å². The molecule has 2 amide bonds. The standard InChI is InChI=1S/C23H20N2O2S/c26-22-12-13-28-21-11-10-18(15-20(21)24-22)23(27)25-19-9-5-4-8-17(19)14-16-6-2-1-3-7-16/h1-11,15H,12-14H2,(H,24,26)(H,25,27). The van der Waals surface area contributed by atoms with Crippen LogP contribution in [0.5, 0.6) is 0 Å². The van der Waals surface area contributed by atoms with Gasteiger partial charge in [-0.05, 0) is 41.8 Å². The summed E-state index contributed by atoms with van der Waals surface area (Å²) in [6.45, 7) is 0. The Bertz CT molecular complexity index is 1020. The number of amides is 2. The van der Waals surface area contributed by atoms with E-state index in [4.69, 9.17) is 0 Å². The number of anilines is 2. The van der Waals surface area contributed by atoms with Gasteiger partial charge in [0.1, 0.15) is 0 Å². The van der Waals surface area contributed by atoms with Crippen LogP contribution in [-0.2, 0) is 11.2 Å². The van der Waals surface area contributed by atoms with Crippen molar-refractivity contribution in [3.05, 3.63) is 89.5 Å². The zero-order chi connectivity index (χ0) is 19.3. The topological polar surface area (TPSA) is 58.2 Å². The molecule has 0 aromatic heterocycles. The van der Waals surface area contributed by atoms with E-state index in [1.54, 1.807) is 23.9 Å². The summed E-state index contributed by atoms with van der Waals surface area (Å²) in [6, 6.07) is 23.4. The number of hydrogen-bond donors (Lipinski definition) is 2. The van der Waals surface area contributed by atoms with Crippen LogP contribution in [0.3, 0.4) is 0 Å². The molecule has 2 N–H and O–H groups in total. The monoisotopic (exact) mass is 388 g/mol. The van der Waals surface area contributed by atoms with Crippen molar-refractivity contribution in [2.24, 2.45) is 0 Å². The van der Waals surface area contributed by atoms with Gasteiger partial charge in [0.2, 0.25) is 5.91 Å². The summed E-state index contributed by atoms with van der Waals surface area (Å²) >= 11 is 1.63. The summed E-state index contributed by atoms with van der Waals surface area (Å²) in [5, 5.41) is 5.91. The van der Waals surface area contributed by atoms with Crippen molar-refractivity contribution in [1.82, 2.24) is 0 Å². The first-order valence-electron chi connectivity index (χ1n) is 9.19. The maximum atomic E-state index is 12.8. The quantitative estimate of drug-likeness (QED) is 0.664. The molecule has 0 bridgehead atoms. The number of fused-ring (bicyclic) bond motifs is 1. The smallest absolute Gasteiger partial charge is 0.255 e. The Morgan fingerprint density at radius 3 is 2.64 bits per heavy atom. The average Bonchev–Trinajstić information content (AvgIpc) is 2.90. The van der Waals surface area contributed by atoms with E-state index in [2.05, 4.69) is 22.8 Å². The third-order valence-corrected chi connectivity index (χ3v) is 5.68. The number of rotatable bonds is 4. The molecule has 0 fully saturated rings. The van der Waals surface area contributed by atoms with Crippen LogP contribution in [0, 0.1) is 0 Å². The fourth-order valence-corrected chi connectivity index (χ4v) is 4.10. The molecule has 1 heterocycles. The van der Waals surface area contributed by atoms with Crippen molar-refractivity contribution < 1.29 is 9.59 Å². The Hall–Kier alpha value is -3.05. The molecule has 0 unspecified atom stereocenters. The molecule has 4 nitrogen and oxygen atoms in total. The molecule has 0 spiro atoms. The number of carbonyl (C=O) groups excluding carboxylic acids is 2. The molecule has 3 aromatic carbocycles. The van der Waals surface area contributed by atoms with E-state index in [9.17, 15) is 9.59 Å². The van der Waals surface area contributed by atoms with Gasteiger partial charge in [-0.1, -0.05) is 48.5 Å². The molecule has 0 atom stereocenters. The number of carbonyl (C=O) groups is 2. The number of para-hydroxylation sites is 1. The number of thioether (sulfide) groups is 1. The molecule has 140 valence electrons. The highest BCUT2D eigenvalue weighted by Crippen LogP contribution is 2.31. The summed E-state index contributed by atoms with van der Waals surface area (Å²) in [4.78, 5) is 25.6. The van der Waals surface area contributed by atoms with E-state index >= 15 is 0 Å². The van der Waals surface area contributed by atoms with Crippen molar-refractivity contribution in [1.29, 1.82) is 0 Å². The van der Waals surface area contributed by atoms with Crippen molar-refractivity contribution in [3.8, 4) is 0 Å². The molecule has 5 heteroatoms. The second-order valence-corrected chi connectivity index (χ2v) is 7.77. The van der Waals surface area contributed by atoms with Gasteiger partial charge in [-0.3, -0.25) is 9.59 Å². The Morgan fingerprint density at radius 1 is 1.00 bits per heavy atom. The molecule has 1 aliphatic rings. The van der Waals surface area contributed by atoms with E-state index in [-0.39, 0.29) is 11.8 Å². The summed E-state index contributed by atoms with van der Waals surface area (Å²) in [6.07, 6.45) is 1.22. The van der Waals surface area contributed by atoms with Crippen molar-refractivity contribution in [2.75, 3.05) is 16.4 Å². The number of benzene rings is 3. The van der Waals surface area contributed by atoms with Crippen LogP contribution in [0.15, 0.2) is 77.7 Å². The molecular weight excluding hydrogens is 368 g/mol. The lowest BCUT2D eigenvalue weighted by atomic mass is 10.0. The Kier molecular flexibility index (Phi) is 5.44. The van der Waals surface area contributed by atoms with Crippen LogP contribution in [0.4, 0.5) is 11.4 Å². The Morgan fingerprint density at radius 2 is 1.79 bits per heavy atom. The first-order valence-corrected chi connectivity index (χ1v) is 10.2. The van der Waals surface area contributed by atoms with Gasteiger partial charge in [-0.15, -0.1) is 11.8 Å². The molecule has 1 aliphatic heterocycles. The van der Waals surface area contributed by atoms with Crippen LogP contribution in [-0.4, -0.2) is 17.6 Å². The highest BCUT2D eigenvalue weighted by Gasteiger charge is 2.16. The predicted octanol–water partition coefficient (Wildman–Crippen LogP) is 4.96. The minimum absolute atomic E-state index is 0.0167. The van der Waals surface area contributed by atoms with Gasteiger partial charge in [-0.2, -0.15) is 0 Å². The van der Waals surface area contributed by atoms with Crippen molar-refractivity contribution in [2.45, 2.75) is 17.7 Å². The first kappa shape index (κ1) is 18.3. The third kappa shape index (κ3) is 4.26. The number of nitrogens with one attached hydrogen (secondary N) is 2. The minimum atomic E-state index is -0.188. The lowest BCUT2D eigenvalue weighted by molar-refractivity contribution is -0.115. The lowest BCUT2D eigenvalue weighted by Gasteiger charge is -2.13. The van der Waals surface area contributed by atoms with Crippen LogP contribution in [0.2, 0.25) is 0 Å². The zero-order valence-electron chi connectivity index (χ0n) is 15.3. The molecule has 4 rings (SSSR count). The minimum Gasteiger partial charge on any atom is -0.325 e. The Labute approximate surface area is 168 Å². The summed E-state index contributed by atoms with van der Waals surface area (Å²) in [7, 11) is 0. The van der Waals surface area contributed by atoms with Crippen LogP contribution in [0.1, 0.15) is 27.9 Å². The van der Waals surface area contributed by atoms with Gasteiger partial charge in [0.25, 0.3) is 5.91 Å². The molecule has 0 radical (unpaired) electrons. The zero-order valence-corrected chi connectivity index (χ0v) is 16.1. The molecular formula is C23H20N2O2S. The average molecular weight is 388 g/mol. The van der Waals surface area contributed by atoms with Crippen molar-refractivity contribution in [3.63, 3.8) is 0 Å². The summed E-state index contributed by atoms with van der Waals surface area (Å²) in [5.41, 5.74) is 4.27. The molecule has 0 aliphatic carbocycles. The summed E-state index contributed by atoms with van der Waals surface area (Å²) < 4.78 is 0. The van der Waals surface area contributed by atoms with E-state index in [1.165, 1.54) is 5.56 Å². The Balaban J connectivity index is 1.55. The fourth-order valence-electron chi connectivity index (χ4n) is 3.17.